The van der Waals surface area contributed by atoms with Gasteiger partial charge in [-0.15, -0.1) is 0 Å². The zero-order chi connectivity index (χ0) is 23.1. The van der Waals surface area contributed by atoms with Crippen LogP contribution in [0.25, 0.3) is 0 Å². The Balaban J connectivity index is 2.64. The Bertz CT molecular complexity index is 814. The molecule has 1 N–H and O–H groups in total. The summed E-state index contributed by atoms with van der Waals surface area (Å²) < 4.78 is 38.7. The lowest BCUT2D eigenvalue weighted by molar-refractivity contribution is 0.0483. The van der Waals surface area contributed by atoms with Gasteiger partial charge in [0.15, 0.2) is 6.79 Å². The first-order valence-electron chi connectivity index (χ1n) is 10.6. The monoisotopic (exact) mass is 441 g/mol. The van der Waals surface area contributed by atoms with Crippen molar-refractivity contribution in [3.63, 3.8) is 0 Å². The molecule has 0 aromatic heterocycles. The molecule has 0 saturated carbocycles. The first kappa shape index (κ1) is 25.1. The van der Waals surface area contributed by atoms with Crippen molar-refractivity contribution in [2.45, 2.75) is 90.0 Å². The summed E-state index contributed by atoms with van der Waals surface area (Å²) in [5.41, 5.74) is 1.94. The first-order chi connectivity index (χ1) is 13.6. The molecule has 0 bridgehead atoms. The van der Waals surface area contributed by atoms with Gasteiger partial charge < -0.3 is 14.6 Å². The molecular weight excluding hydrogens is 402 g/mol. The van der Waals surface area contributed by atoms with Crippen molar-refractivity contribution < 1.29 is 23.0 Å². The molecule has 0 aliphatic carbocycles. The number of ether oxygens (including phenoxy) is 2. The van der Waals surface area contributed by atoms with Crippen LogP contribution in [0.5, 0.6) is 5.75 Å². The maximum absolute atomic E-state index is 13.0. The van der Waals surface area contributed by atoms with Gasteiger partial charge in [-0.25, -0.2) is 8.42 Å². The second-order valence-electron chi connectivity index (χ2n) is 10.5. The summed E-state index contributed by atoms with van der Waals surface area (Å²) in [6.07, 6.45) is -0.684. The van der Waals surface area contributed by atoms with Gasteiger partial charge in [0.05, 0.1) is 6.10 Å². The van der Waals surface area contributed by atoms with Gasteiger partial charge in [0.1, 0.15) is 11.0 Å². The largest absolute Gasteiger partial charge is 0.467 e. The highest BCUT2D eigenvalue weighted by molar-refractivity contribution is 7.90. The Morgan fingerprint density at radius 2 is 1.60 bits per heavy atom. The minimum absolute atomic E-state index is 0.118. The van der Waals surface area contributed by atoms with Crippen LogP contribution in [0.2, 0.25) is 0 Å². The Labute approximate surface area is 182 Å². The molecule has 2 rings (SSSR count). The third-order valence-corrected chi connectivity index (χ3v) is 8.18. The van der Waals surface area contributed by atoms with Crippen molar-refractivity contribution in [2.75, 3.05) is 20.4 Å². The van der Waals surface area contributed by atoms with E-state index in [1.165, 1.54) is 4.31 Å². The standard InChI is InChI=1S/C23H39NO5S/c1-15(2)24-11-10-19(30(24,26)27)20(25)16-12-17(22(3,4)5)21(29-14-28-9)18(13-16)23(6,7)8/h12-13,15,19-20,25H,10-11,14H2,1-9H3. The normalized spacial score (nSPS) is 21.2. The quantitative estimate of drug-likeness (QED) is 0.673. The van der Waals surface area contributed by atoms with Crippen LogP contribution in [0.15, 0.2) is 12.1 Å². The van der Waals surface area contributed by atoms with Crippen LogP contribution in [-0.2, 0) is 25.6 Å². The van der Waals surface area contributed by atoms with Crippen LogP contribution < -0.4 is 4.74 Å². The molecule has 1 aliphatic heterocycles. The second kappa shape index (κ2) is 8.77. The Morgan fingerprint density at radius 1 is 1.10 bits per heavy atom. The molecule has 2 atom stereocenters. The Kier molecular flexibility index (Phi) is 7.34. The van der Waals surface area contributed by atoms with E-state index in [1.807, 2.05) is 26.0 Å². The van der Waals surface area contributed by atoms with Gasteiger partial charge in [-0.05, 0) is 48.8 Å². The molecular formula is C23H39NO5S. The van der Waals surface area contributed by atoms with Gasteiger partial charge in [-0.1, -0.05) is 41.5 Å². The van der Waals surface area contributed by atoms with Crippen molar-refractivity contribution in [1.82, 2.24) is 4.31 Å². The third-order valence-electron chi connectivity index (χ3n) is 5.66. The Morgan fingerprint density at radius 3 is 1.97 bits per heavy atom. The number of nitrogens with zero attached hydrogens (tertiary/aromatic N) is 1. The molecule has 0 spiro atoms. The van der Waals surface area contributed by atoms with E-state index >= 15 is 0 Å². The lowest BCUT2D eigenvalue weighted by Gasteiger charge is -2.32. The van der Waals surface area contributed by atoms with Gasteiger partial charge in [-0.2, -0.15) is 4.31 Å². The third kappa shape index (κ3) is 5.01. The number of aliphatic hydroxyl groups excluding tert-OH is 1. The second-order valence-corrected chi connectivity index (χ2v) is 12.6. The molecule has 7 heteroatoms. The number of methoxy groups -OCH3 is 1. The summed E-state index contributed by atoms with van der Waals surface area (Å²) in [5.74, 6) is 0.742. The summed E-state index contributed by atoms with van der Waals surface area (Å²) in [5, 5.41) is 10.4. The van der Waals surface area contributed by atoms with Crippen LogP contribution in [-0.4, -0.2) is 49.6 Å². The first-order valence-corrected chi connectivity index (χ1v) is 12.1. The molecule has 1 heterocycles. The summed E-state index contributed by atoms with van der Waals surface area (Å²) in [7, 11) is -1.98. The summed E-state index contributed by atoms with van der Waals surface area (Å²) in [4.78, 5) is 0. The predicted molar refractivity (Wildman–Crippen MR) is 120 cm³/mol. The van der Waals surface area contributed by atoms with Gasteiger partial charge in [-0.3, -0.25) is 0 Å². The topological polar surface area (TPSA) is 76.1 Å². The van der Waals surface area contributed by atoms with Gasteiger partial charge in [0.25, 0.3) is 0 Å². The highest BCUT2D eigenvalue weighted by atomic mass is 32.2. The van der Waals surface area contributed by atoms with Crippen LogP contribution >= 0.6 is 0 Å². The molecule has 1 aromatic rings. The number of hydrogen-bond donors (Lipinski definition) is 1. The van der Waals surface area contributed by atoms with Crippen molar-refractivity contribution in [2.24, 2.45) is 0 Å². The molecule has 172 valence electrons. The van der Waals surface area contributed by atoms with Crippen LogP contribution in [0.3, 0.4) is 0 Å². The van der Waals surface area contributed by atoms with Gasteiger partial charge in [0.2, 0.25) is 10.0 Å². The van der Waals surface area contributed by atoms with Crippen LogP contribution in [0.4, 0.5) is 0 Å². The summed E-state index contributed by atoms with van der Waals surface area (Å²) in [6, 6.07) is 3.68. The summed E-state index contributed by atoms with van der Waals surface area (Å²) >= 11 is 0. The lowest BCUT2D eigenvalue weighted by Crippen LogP contribution is -2.36. The maximum atomic E-state index is 13.0. The zero-order valence-corrected chi connectivity index (χ0v) is 20.8. The number of aliphatic hydroxyl groups is 1. The van der Waals surface area contributed by atoms with Crippen LogP contribution in [0, 0.1) is 0 Å². The maximum Gasteiger partial charge on any atom is 0.220 e. The predicted octanol–water partition coefficient (Wildman–Crippen LogP) is 4.11. The van der Waals surface area contributed by atoms with Crippen LogP contribution in [0.1, 0.15) is 84.6 Å². The fourth-order valence-corrected chi connectivity index (χ4v) is 6.18. The molecule has 1 saturated heterocycles. The average Bonchev–Trinajstić information content (AvgIpc) is 2.91. The molecule has 30 heavy (non-hydrogen) atoms. The molecule has 0 radical (unpaired) electrons. The van der Waals surface area contributed by atoms with E-state index in [1.54, 1.807) is 7.11 Å². The van der Waals surface area contributed by atoms with Gasteiger partial charge in [0, 0.05) is 30.8 Å². The highest BCUT2D eigenvalue weighted by Gasteiger charge is 2.45. The van der Waals surface area contributed by atoms with Crippen molar-refractivity contribution in [3.05, 3.63) is 28.8 Å². The Hall–Kier alpha value is -1.15. The average molecular weight is 442 g/mol. The summed E-state index contributed by atoms with van der Waals surface area (Å²) in [6.45, 7) is 16.8. The number of rotatable bonds is 6. The number of sulfonamides is 1. The lowest BCUT2D eigenvalue weighted by atomic mass is 9.77. The number of benzene rings is 1. The molecule has 2 unspecified atom stereocenters. The fraction of sp³-hybridized carbons (Fsp3) is 0.739. The minimum Gasteiger partial charge on any atom is -0.467 e. The van der Waals surface area contributed by atoms with Crippen molar-refractivity contribution >= 4 is 10.0 Å². The smallest absolute Gasteiger partial charge is 0.220 e. The van der Waals surface area contributed by atoms with Crippen molar-refractivity contribution in [3.8, 4) is 5.75 Å². The van der Waals surface area contributed by atoms with E-state index < -0.39 is 21.4 Å². The zero-order valence-electron chi connectivity index (χ0n) is 19.9. The van der Waals surface area contributed by atoms with E-state index in [2.05, 4.69) is 41.5 Å². The van der Waals surface area contributed by atoms with Gasteiger partial charge >= 0.3 is 0 Å². The van der Waals surface area contributed by atoms with E-state index in [9.17, 15) is 13.5 Å². The molecule has 1 fully saturated rings. The number of hydrogen-bond acceptors (Lipinski definition) is 5. The van der Waals surface area contributed by atoms with E-state index in [4.69, 9.17) is 9.47 Å². The molecule has 6 nitrogen and oxygen atoms in total. The molecule has 1 aliphatic rings. The van der Waals surface area contributed by atoms with E-state index in [-0.39, 0.29) is 23.7 Å². The molecule has 0 amide bonds. The highest BCUT2D eigenvalue weighted by Crippen LogP contribution is 2.43. The SMILES string of the molecule is COCOc1c(C(C)(C)C)cc(C(O)C2CCN(C(C)C)S2(=O)=O)cc1C(C)(C)C. The minimum atomic E-state index is -3.56. The van der Waals surface area contributed by atoms with E-state index in [0.717, 1.165) is 16.9 Å². The fourth-order valence-electron chi connectivity index (χ4n) is 4.00. The van der Waals surface area contributed by atoms with Crippen molar-refractivity contribution in [1.29, 1.82) is 0 Å². The molecule has 1 aromatic carbocycles. The van der Waals surface area contributed by atoms with E-state index in [0.29, 0.717) is 18.5 Å².